The van der Waals surface area contributed by atoms with Gasteiger partial charge < -0.3 is 4.74 Å². The number of ether oxygens (including phenoxy) is 1. The Bertz CT molecular complexity index is 1000. The SMILES string of the molecule is O=C(Cc1cccc(OC(F)F)c1)c1ccc2c(Cl)n[nH]c(=O)c2c1. The fourth-order valence-electron chi connectivity index (χ4n) is 2.42. The highest BCUT2D eigenvalue weighted by atomic mass is 35.5. The second-order valence-corrected chi connectivity index (χ2v) is 5.59. The average molecular weight is 365 g/mol. The van der Waals surface area contributed by atoms with Crippen molar-refractivity contribution in [3.05, 3.63) is 69.1 Å². The molecule has 0 bridgehead atoms. The first-order chi connectivity index (χ1) is 11.9. The molecular formula is C17H11ClF2N2O3. The van der Waals surface area contributed by atoms with Crippen LogP contribution in [0, 0.1) is 0 Å². The van der Waals surface area contributed by atoms with Crippen molar-refractivity contribution in [1.29, 1.82) is 0 Å². The molecule has 0 fully saturated rings. The molecule has 0 aliphatic carbocycles. The van der Waals surface area contributed by atoms with Crippen molar-refractivity contribution in [3.63, 3.8) is 0 Å². The van der Waals surface area contributed by atoms with Gasteiger partial charge in [0.05, 0.1) is 5.39 Å². The largest absolute Gasteiger partial charge is 0.435 e. The molecule has 0 atom stereocenters. The van der Waals surface area contributed by atoms with E-state index in [9.17, 15) is 18.4 Å². The van der Waals surface area contributed by atoms with Crippen LogP contribution in [0.5, 0.6) is 5.75 Å². The van der Waals surface area contributed by atoms with Crippen LogP contribution in [0.1, 0.15) is 15.9 Å². The Morgan fingerprint density at radius 1 is 1.20 bits per heavy atom. The van der Waals surface area contributed by atoms with Gasteiger partial charge in [0.25, 0.3) is 5.56 Å². The van der Waals surface area contributed by atoms with Gasteiger partial charge in [0, 0.05) is 17.4 Å². The summed E-state index contributed by atoms with van der Waals surface area (Å²) in [7, 11) is 0. The molecule has 3 aromatic rings. The number of benzene rings is 2. The van der Waals surface area contributed by atoms with Crippen LogP contribution in [0.25, 0.3) is 10.8 Å². The van der Waals surface area contributed by atoms with Crippen molar-refractivity contribution in [2.75, 3.05) is 0 Å². The number of hydrogen-bond acceptors (Lipinski definition) is 4. The minimum atomic E-state index is -2.93. The molecule has 2 aromatic carbocycles. The molecule has 5 nitrogen and oxygen atoms in total. The van der Waals surface area contributed by atoms with Gasteiger partial charge in [-0.1, -0.05) is 35.9 Å². The van der Waals surface area contributed by atoms with Crippen LogP contribution in [0.15, 0.2) is 47.3 Å². The van der Waals surface area contributed by atoms with Crippen LogP contribution < -0.4 is 10.3 Å². The van der Waals surface area contributed by atoms with E-state index in [0.29, 0.717) is 16.5 Å². The number of rotatable bonds is 5. The topological polar surface area (TPSA) is 72.0 Å². The molecule has 0 aliphatic rings. The third kappa shape index (κ3) is 3.83. The van der Waals surface area contributed by atoms with Crippen LogP contribution in [0.3, 0.4) is 0 Å². The molecule has 1 heterocycles. The summed E-state index contributed by atoms with van der Waals surface area (Å²) in [5.74, 6) is -0.295. The average Bonchev–Trinajstić information content (AvgIpc) is 2.57. The molecule has 128 valence electrons. The standard InChI is InChI=1S/C17H11ClF2N2O3/c18-15-12-5-4-10(8-13(12)16(24)22-21-15)14(23)7-9-2-1-3-11(6-9)25-17(19)20/h1-6,8,17H,7H2,(H,22,24). The molecule has 0 saturated carbocycles. The lowest BCUT2D eigenvalue weighted by atomic mass is 10.0. The fraction of sp³-hybridized carbons (Fsp3) is 0.118. The quantitative estimate of drug-likeness (QED) is 0.702. The number of fused-ring (bicyclic) bond motifs is 1. The highest BCUT2D eigenvalue weighted by Crippen LogP contribution is 2.21. The van der Waals surface area contributed by atoms with E-state index in [-0.39, 0.29) is 28.5 Å². The lowest BCUT2D eigenvalue weighted by Crippen LogP contribution is -2.10. The number of carbonyl (C=O) groups excluding carboxylic acids is 1. The van der Waals surface area contributed by atoms with E-state index in [4.69, 9.17) is 11.6 Å². The van der Waals surface area contributed by atoms with E-state index in [1.807, 2.05) is 0 Å². The molecular weight excluding hydrogens is 354 g/mol. The Morgan fingerprint density at radius 3 is 2.76 bits per heavy atom. The van der Waals surface area contributed by atoms with Gasteiger partial charge in [0.15, 0.2) is 10.9 Å². The number of nitrogens with one attached hydrogen (secondary N) is 1. The maximum absolute atomic E-state index is 12.4. The van der Waals surface area contributed by atoms with E-state index >= 15 is 0 Å². The van der Waals surface area contributed by atoms with Crippen LogP contribution in [0.4, 0.5) is 8.78 Å². The molecule has 0 aliphatic heterocycles. The van der Waals surface area contributed by atoms with Crippen LogP contribution in [-0.2, 0) is 6.42 Å². The number of hydrogen-bond donors (Lipinski definition) is 1. The molecule has 3 rings (SSSR count). The van der Waals surface area contributed by atoms with E-state index < -0.39 is 12.2 Å². The number of carbonyl (C=O) groups is 1. The monoisotopic (exact) mass is 364 g/mol. The van der Waals surface area contributed by atoms with Gasteiger partial charge in [0.1, 0.15) is 5.75 Å². The van der Waals surface area contributed by atoms with E-state index in [0.717, 1.165) is 0 Å². The minimum absolute atomic E-state index is 0.0203. The Hall–Kier alpha value is -2.80. The van der Waals surface area contributed by atoms with Crippen LogP contribution >= 0.6 is 11.6 Å². The number of aromatic nitrogens is 2. The number of alkyl halides is 2. The fourth-order valence-corrected chi connectivity index (χ4v) is 2.63. The first kappa shape index (κ1) is 17.0. The van der Waals surface area contributed by atoms with Gasteiger partial charge in [-0.25, -0.2) is 5.10 Å². The van der Waals surface area contributed by atoms with Gasteiger partial charge in [-0.2, -0.15) is 13.9 Å². The summed E-state index contributed by atoms with van der Waals surface area (Å²) in [5, 5.41) is 6.72. The summed E-state index contributed by atoms with van der Waals surface area (Å²) < 4.78 is 28.8. The van der Waals surface area contributed by atoms with Gasteiger partial charge in [-0.15, -0.1) is 0 Å². The molecule has 0 saturated heterocycles. The summed E-state index contributed by atoms with van der Waals surface area (Å²) in [6, 6.07) is 10.4. The Balaban J connectivity index is 1.88. The van der Waals surface area contributed by atoms with Gasteiger partial charge in [-0.05, 0) is 23.8 Å². The smallest absolute Gasteiger partial charge is 0.387 e. The predicted molar refractivity (Wildman–Crippen MR) is 88.5 cm³/mol. The zero-order valence-electron chi connectivity index (χ0n) is 12.6. The molecule has 25 heavy (non-hydrogen) atoms. The highest BCUT2D eigenvalue weighted by Gasteiger charge is 2.12. The maximum Gasteiger partial charge on any atom is 0.387 e. The number of nitrogens with zero attached hydrogens (tertiary/aromatic N) is 1. The summed E-state index contributed by atoms with van der Waals surface area (Å²) in [6.45, 7) is -2.93. The summed E-state index contributed by atoms with van der Waals surface area (Å²) in [5.41, 5.74) is 0.367. The minimum Gasteiger partial charge on any atom is -0.435 e. The van der Waals surface area contributed by atoms with Crippen molar-refractivity contribution < 1.29 is 18.3 Å². The normalized spacial score (nSPS) is 11.0. The summed E-state index contributed by atoms with van der Waals surface area (Å²) >= 11 is 5.91. The zero-order valence-corrected chi connectivity index (χ0v) is 13.4. The van der Waals surface area contributed by atoms with Crippen LogP contribution in [0.2, 0.25) is 5.15 Å². The van der Waals surface area contributed by atoms with Gasteiger partial charge in [-0.3, -0.25) is 9.59 Å². The molecule has 0 unspecified atom stereocenters. The van der Waals surface area contributed by atoms with Crippen molar-refractivity contribution in [3.8, 4) is 5.75 Å². The number of aromatic amines is 1. The molecule has 0 amide bonds. The third-order valence-electron chi connectivity index (χ3n) is 3.55. The highest BCUT2D eigenvalue weighted by molar-refractivity contribution is 6.34. The number of Topliss-reactive ketones (excluding diaryl/α,β-unsaturated/α-hetero) is 1. The van der Waals surface area contributed by atoms with Crippen molar-refractivity contribution in [2.45, 2.75) is 13.0 Å². The first-order valence-electron chi connectivity index (χ1n) is 7.19. The number of H-pyrrole nitrogens is 1. The van der Waals surface area contributed by atoms with Crippen LogP contribution in [-0.4, -0.2) is 22.6 Å². The second-order valence-electron chi connectivity index (χ2n) is 5.23. The maximum atomic E-state index is 12.4. The molecule has 1 N–H and O–H groups in total. The zero-order chi connectivity index (χ0) is 18.0. The van der Waals surface area contributed by atoms with Gasteiger partial charge >= 0.3 is 6.61 Å². The van der Waals surface area contributed by atoms with Crippen molar-refractivity contribution in [1.82, 2.24) is 10.2 Å². The van der Waals surface area contributed by atoms with Crippen molar-refractivity contribution in [2.24, 2.45) is 0 Å². The second kappa shape index (κ2) is 6.98. The third-order valence-corrected chi connectivity index (χ3v) is 3.84. The lowest BCUT2D eigenvalue weighted by Gasteiger charge is -2.07. The molecule has 0 spiro atoms. The number of ketones is 1. The summed E-state index contributed by atoms with van der Waals surface area (Å²) in [6.07, 6.45) is -0.0251. The lowest BCUT2D eigenvalue weighted by molar-refractivity contribution is -0.0498. The number of halogens is 3. The Labute approximate surface area is 145 Å². The van der Waals surface area contributed by atoms with Gasteiger partial charge in [0.2, 0.25) is 0 Å². The predicted octanol–water partition coefficient (Wildman–Crippen LogP) is 3.60. The molecule has 1 aromatic heterocycles. The van der Waals surface area contributed by atoms with Crippen molar-refractivity contribution >= 4 is 28.2 Å². The van der Waals surface area contributed by atoms with E-state index in [1.165, 1.54) is 30.3 Å². The van der Waals surface area contributed by atoms with E-state index in [2.05, 4.69) is 14.9 Å². The summed E-state index contributed by atoms with van der Waals surface area (Å²) in [4.78, 5) is 24.3. The first-order valence-corrected chi connectivity index (χ1v) is 7.57. The molecule has 8 heteroatoms. The molecule has 0 radical (unpaired) electrons. The Morgan fingerprint density at radius 2 is 2.00 bits per heavy atom. The Kier molecular flexibility index (Phi) is 4.76. The van der Waals surface area contributed by atoms with E-state index in [1.54, 1.807) is 12.1 Å².